The Kier molecular flexibility index (Phi) is 8.54. The van der Waals surface area contributed by atoms with Crippen LogP contribution >= 0.6 is 8.38 Å². The van der Waals surface area contributed by atoms with E-state index in [0.717, 1.165) is 48.6 Å². The molecular weight excluding hydrogens is 501 g/mol. The SMILES string of the molecule is COc1cc(N2CCC3(CCNCC3)CC2)ccc1Nc1ncnc(Nc2ccccc2P(OC)OC)n1. The maximum Gasteiger partial charge on any atom is 0.232 e. The smallest absolute Gasteiger partial charge is 0.232 e. The molecule has 202 valence electrons. The molecule has 3 heterocycles. The Labute approximate surface area is 225 Å². The highest BCUT2D eigenvalue weighted by atomic mass is 31.2. The first-order valence-corrected chi connectivity index (χ1v) is 14.1. The number of nitrogens with one attached hydrogen (secondary N) is 3. The van der Waals surface area contributed by atoms with Gasteiger partial charge < -0.3 is 34.6 Å². The second kappa shape index (κ2) is 12.2. The minimum atomic E-state index is -1.21. The van der Waals surface area contributed by atoms with Crippen molar-refractivity contribution >= 4 is 42.6 Å². The molecule has 2 aromatic carbocycles. The maximum absolute atomic E-state index is 5.74. The van der Waals surface area contributed by atoms with Crippen molar-refractivity contribution in [2.75, 3.05) is 63.0 Å². The van der Waals surface area contributed by atoms with Crippen molar-refractivity contribution in [3.63, 3.8) is 0 Å². The van der Waals surface area contributed by atoms with E-state index < -0.39 is 8.38 Å². The van der Waals surface area contributed by atoms with Crippen molar-refractivity contribution in [2.45, 2.75) is 25.7 Å². The Bertz CT molecular complexity index is 1210. The molecule has 0 unspecified atom stereocenters. The number of rotatable bonds is 9. The van der Waals surface area contributed by atoms with Crippen LogP contribution in [0.25, 0.3) is 0 Å². The molecule has 0 bridgehead atoms. The van der Waals surface area contributed by atoms with E-state index in [0.29, 0.717) is 17.3 Å². The molecule has 1 spiro atoms. The summed E-state index contributed by atoms with van der Waals surface area (Å²) in [5, 5.41) is 11.0. The Morgan fingerprint density at radius 2 is 1.55 bits per heavy atom. The van der Waals surface area contributed by atoms with Gasteiger partial charge in [0.15, 0.2) is 0 Å². The van der Waals surface area contributed by atoms with Gasteiger partial charge in [0.05, 0.1) is 23.8 Å². The van der Waals surface area contributed by atoms with Gasteiger partial charge in [-0.05, 0) is 68.5 Å². The van der Waals surface area contributed by atoms with Crippen molar-refractivity contribution in [1.29, 1.82) is 0 Å². The lowest BCUT2D eigenvalue weighted by Gasteiger charge is -2.45. The molecule has 3 N–H and O–H groups in total. The summed E-state index contributed by atoms with van der Waals surface area (Å²) in [6.45, 7) is 4.45. The Morgan fingerprint density at radius 1 is 0.868 bits per heavy atom. The number of anilines is 5. The van der Waals surface area contributed by atoms with Crippen molar-refractivity contribution in [3.8, 4) is 5.75 Å². The zero-order valence-electron chi connectivity index (χ0n) is 22.2. The highest BCUT2D eigenvalue weighted by Gasteiger charge is 2.35. The third-order valence-electron chi connectivity index (χ3n) is 7.54. The Balaban J connectivity index is 1.28. The number of piperidine rings is 2. The summed E-state index contributed by atoms with van der Waals surface area (Å²) in [7, 11) is 3.74. The number of nitrogens with zero attached hydrogens (tertiary/aromatic N) is 4. The Morgan fingerprint density at radius 3 is 2.24 bits per heavy atom. The molecule has 0 amide bonds. The predicted molar refractivity (Wildman–Crippen MR) is 152 cm³/mol. The summed E-state index contributed by atoms with van der Waals surface area (Å²) in [5.74, 6) is 1.57. The molecule has 38 heavy (non-hydrogen) atoms. The van der Waals surface area contributed by atoms with E-state index in [1.165, 1.54) is 37.7 Å². The molecule has 3 aromatic rings. The third-order valence-corrected chi connectivity index (χ3v) is 8.98. The summed E-state index contributed by atoms with van der Waals surface area (Å²) in [4.78, 5) is 15.6. The van der Waals surface area contributed by atoms with Gasteiger partial charge in [-0.3, -0.25) is 0 Å². The first kappa shape index (κ1) is 26.6. The first-order chi connectivity index (χ1) is 18.6. The summed E-state index contributed by atoms with van der Waals surface area (Å²) in [6.07, 6.45) is 6.55. The van der Waals surface area contributed by atoms with Crippen LogP contribution in [0.1, 0.15) is 25.7 Å². The highest BCUT2D eigenvalue weighted by molar-refractivity contribution is 7.56. The fourth-order valence-electron chi connectivity index (χ4n) is 5.34. The molecular formula is C27H36N7O3P. The first-order valence-electron chi connectivity index (χ1n) is 13.0. The summed E-state index contributed by atoms with van der Waals surface area (Å²) >= 11 is 0. The number of methoxy groups -OCH3 is 1. The van der Waals surface area contributed by atoms with Gasteiger partial charge in [-0.25, -0.2) is 9.97 Å². The fraction of sp³-hybridized carbons (Fsp3) is 0.444. The number of aromatic nitrogens is 3. The van der Waals surface area contributed by atoms with Crippen LogP contribution in [0.3, 0.4) is 0 Å². The maximum atomic E-state index is 5.74. The van der Waals surface area contributed by atoms with Gasteiger partial charge in [-0.1, -0.05) is 12.1 Å². The predicted octanol–water partition coefficient (Wildman–Crippen LogP) is 4.57. The molecule has 2 aliphatic rings. The van der Waals surface area contributed by atoms with Crippen LogP contribution in [-0.4, -0.2) is 62.5 Å². The second-order valence-electron chi connectivity index (χ2n) is 9.64. The zero-order chi connectivity index (χ0) is 26.4. The summed E-state index contributed by atoms with van der Waals surface area (Å²) in [6, 6.07) is 14.0. The molecule has 0 atom stereocenters. The molecule has 0 radical (unpaired) electrons. The van der Waals surface area contributed by atoms with Crippen LogP contribution in [-0.2, 0) is 9.05 Å². The van der Waals surface area contributed by atoms with Gasteiger partial charge in [0, 0.05) is 39.1 Å². The van der Waals surface area contributed by atoms with Crippen molar-refractivity contribution in [1.82, 2.24) is 20.3 Å². The zero-order valence-corrected chi connectivity index (χ0v) is 23.1. The largest absolute Gasteiger partial charge is 0.494 e. The average molecular weight is 538 g/mol. The highest BCUT2D eigenvalue weighted by Crippen LogP contribution is 2.42. The quantitative estimate of drug-likeness (QED) is 0.336. The normalized spacial score (nSPS) is 17.0. The molecule has 2 fully saturated rings. The van der Waals surface area contributed by atoms with Crippen LogP contribution in [0.2, 0.25) is 0 Å². The van der Waals surface area contributed by atoms with E-state index in [1.807, 2.05) is 30.3 Å². The van der Waals surface area contributed by atoms with E-state index in [1.54, 1.807) is 21.3 Å². The summed E-state index contributed by atoms with van der Waals surface area (Å²) in [5.41, 5.74) is 3.31. The lowest BCUT2D eigenvalue weighted by atomic mass is 9.71. The molecule has 10 nitrogen and oxygen atoms in total. The Hall–Kier alpha value is -3.04. The molecule has 5 rings (SSSR count). The van der Waals surface area contributed by atoms with Gasteiger partial charge in [-0.2, -0.15) is 4.98 Å². The topological polar surface area (TPSA) is 106 Å². The van der Waals surface area contributed by atoms with E-state index in [4.69, 9.17) is 13.8 Å². The standard InChI is InChI=1S/C27H36N7O3P/c1-35-23-18-20(34-16-12-27(13-17-34)10-14-28-15-11-27)8-9-21(23)31-25-29-19-30-26(33-25)32-22-6-4-5-7-24(22)38(36-2)37-3/h4-9,18-19,28H,10-17H2,1-3H3,(H2,29,30,31,32,33). The number of para-hydroxylation sites is 1. The third kappa shape index (κ3) is 5.99. The number of benzene rings is 2. The second-order valence-corrected chi connectivity index (χ2v) is 11.4. The lowest BCUT2D eigenvalue weighted by Crippen LogP contribution is -2.45. The van der Waals surface area contributed by atoms with Gasteiger partial charge in [-0.15, -0.1) is 0 Å². The van der Waals surface area contributed by atoms with Crippen molar-refractivity contribution in [2.24, 2.45) is 5.41 Å². The van der Waals surface area contributed by atoms with E-state index in [2.05, 4.69) is 47.9 Å². The molecule has 2 saturated heterocycles. The van der Waals surface area contributed by atoms with Crippen LogP contribution in [0.4, 0.5) is 29.0 Å². The van der Waals surface area contributed by atoms with Crippen LogP contribution < -0.4 is 30.9 Å². The van der Waals surface area contributed by atoms with Crippen molar-refractivity contribution < 1.29 is 13.8 Å². The van der Waals surface area contributed by atoms with Crippen LogP contribution in [0.15, 0.2) is 48.8 Å². The fourth-order valence-corrected chi connectivity index (χ4v) is 6.42. The van der Waals surface area contributed by atoms with E-state index in [9.17, 15) is 0 Å². The molecule has 0 aliphatic carbocycles. The van der Waals surface area contributed by atoms with E-state index >= 15 is 0 Å². The summed E-state index contributed by atoms with van der Waals surface area (Å²) < 4.78 is 16.7. The molecule has 1 aromatic heterocycles. The molecule has 11 heteroatoms. The monoisotopic (exact) mass is 537 g/mol. The van der Waals surface area contributed by atoms with Crippen LogP contribution in [0.5, 0.6) is 5.75 Å². The van der Waals surface area contributed by atoms with E-state index in [-0.39, 0.29) is 0 Å². The minimum Gasteiger partial charge on any atom is -0.494 e. The van der Waals surface area contributed by atoms with Crippen LogP contribution in [0, 0.1) is 5.41 Å². The lowest BCUT2D eigenvalue weighted by molar-refractivity contribution is 0.155. The number of hydrogen-bond acceptors (Lipinski definition) is 10. The minimum absolute atomic E-state index is 0.410. The molecule has 0 saturated carbocycles. The van der Waals surface area contributed by atoms with Gasteiger partial charge >= 0.3 is 0 Å². The van der Waals surface area contributed by atoms with Gasteiger partial charge in [0.25, 0.3) is 0 Å². The van der Waals surface area contributed by atoms with Gasteiger partial charge in [0.1, 0.15) is 12.1 Å². The van der Waals surface area contributed by atoms with Crippen molar-refractivity contribution in [3.05, 3.63) is 48.8 Å². The number of hydrogen-bond donors (Lipinski definition) is 3. The van der Waals surface area contributed by atoms with Gasteiger partial charge in [0.2, 0.25) is 20.3 Å². The number of ether oxygens (including phenoxy) is 1. The average Bonchev–Trinajstić information content (AvgIpc) is 2.96. The molecule has 2 aliphatic heterocycles.